The monoisotopic (exact) mass is 241 g/mol. The van der Waals surface area contributed by atoms with Gasteiger partial charge in [0.25, 0.3) is 0 Å². The molecule has 2 rings (SSSR count). The molecule has 2 aromatic rings. The number of hydrogen-bond donors (Lipinski definition) is 2. The Labute approximate surface area is 106 Å². The number of hydrogen-bond acceptors (Lipinski definition) is 4. The molecule has 0 unspecified atom stereocenters. The Bertz CT molecular complexity index is 606. The fourth-order valence-corrected chi connectivity index (χ4v) is 1.82. The van der Waals surface area contributed by atoms with Gasteiger partial charge in [-0.15, -0.1) is 5.10 Å². The van der Waals surface area contributed by atoms with E-state index >= 15 is 0 Å². The van der Waals surface area contributed by atoms with E-state index in [2.05, 4.69) is 16.5 Å². The summed E-state index contributed by atoms with van der Waals surface area (Å²) in [6.45, 7) is 4.62. The number of aromatic nitrogens is 2. The van der Waals surface area contributed by atoms with Gasteiger partial charge in [0.1, 0.15) is 17.5 Å². The van der Waals surface area contributed by atoms with Crippen LogP contribution in [-0.4, -0.2) is 16.3 Å². The predicted octanol–water partition coefficient (Wildman–Crippen LogP) is 2.07. The number of nitrogens with two attached hydrogens (primary N) is 1. The molecule has 0 aliphatic carbocycles. The quantitative estimate of drug-likeness (QED) is 0.862. The lowest BCUT2D eigenvalue weighted by Crippen LogP contribution is -2.04. The van der Waals surface area contributed by atoms with E-state index in [4.69, 9.17) is 11.0 Å². The van der Waals surface area contributed by atoms with Crippen molar-refractivity contribution in [2.75, 3.05) is 17.6 Å². The van der Waals surface area contributed by atoms with Gasteiger partial charge in [-0.3, -0.25) is 0 Å². The minimum atomic E-state index is 0.364. The van der Waals surface area contributed by atoms with Gasteiger partial charge in [-0.05, 0) is 25.5 Å². The molecule has 0 saturated heterocycles. The number of nitrogens with zero attached hydrogens (tertiary/aromatic N) is 3. The summed E-state index contributed by atoms with van der Waals surface area (Å²) < 4.78 is 1.60. The Kier molecular flexibility index (Phi) is 3.20. The maximum Gasteiger partial charge on any atom is 0.168 e. The summed E-state index contributed by atoms with van der Waals surface area (Å²) in [6.07, 6.45) is 0. The Balaban J connectivity index is 2.60. The first-order valence-electron chi connectivity index (χ1n) is 5.77. The highest BCUT2D eigenvalue weighted by molar-refractivity contribution is 5.66. The van der Waals surface area contributed by atoms with E-state index in [0.29, 0.717) is 23.7 Å². The second-order valence-electron chi connectivity index (χ2n) is 3.95. The Morgan fingerprint density at radius 1 is 1.44 bits per heavy atom. The summed E-state index contributed by atoms with van der Waals surface area (Å²) in [5, 5.41) is 16.5. The summed E-state index contributed by atoms with van der Waals surface area (Å²) in [5.74, 6) is 0.892. The van der Waals surface area contributed by atoms with E-state index in [1.54, 1.807) is 4.68 Å². The van der Waals surface area contributed by atoms with Crippen LogP contribution in [-0.2, 0) is 0 Å². The smallest absolute Gasteiger partial charge is 0.168 e. The van der Waals surface area contributed by atoms with Gasteiger partial charge in [0.2, 0.25) is 0 Å². The highest BCUT2D eigenvalue weighted by Gasteiger charge is 2.16. The fourth-order valence-electron chi connectivity index (χ4n) is 1.82. The van der Waals surface area contributed by atoms with Gasteiger partial charge in [-0.1, -0.05) is 18.2 Å². The Morgan fingerprint density at radius 2 is 2.17 bits per heavy atom. The van der Waals surface area contributed by atoms with Crippen LogP contribution in [0.1, 0.15) is 18.1 Å². The van der Waals surface area contributed by atoms with E-state index in [9.17, 15) is 0 Å². The predicted molar refractivity (Wildman–Crippen MR) is 71.6 cm³/mol. The normalized spacial score (nSPS) is 10.1. The van der Waals surface area contributed by atoms with Gasteiger partial charge < -0.3 is 11.1 Å². The third kappa shape index (κ3) is 1.89. The zero-order chi connectivity index (χ0) is 13.1. The number of nitrogen functional groups attached to an aromatic ring is 1. The maximum absolute atomic E-state index is 9.13. The lowest BCUT2D eigenvalue weighted by molar-refractivity contribution is 0.882. The molecule has 92 valence electrons. The number of para-hydroxylation sites is 1. The lowest BCUT2D eigenvalue weighted by Gasteiger charge is -2.06. The molecule has 0 radical (unpaired) electrons. The molecule has 0 aliphatic heterocycles. The van der Waals surface area contributed by atoms with Crippen molar-refractivity contribution in [2.45, 2.75) is 13.8 Å². The van der Waals surface area contributed by atoms with Crippen LogP contribution in [0, 0.1) is 18.3 Å². The molecule has 1 aromatic carbocycles. The van der Waals surface area contributed by atoms with Crippen LogP contribution in [0.15, 0.2) is 24.3 Å². The van der Waals surface area contributed by atoms with Crippen molar-refractivity contribution >= 4 is 11.6 Å². The van der Waals surface area contributed by atoms with E-state index in [1.165, 1.54) is 0 Å². The van der Waals surface area contributed by atoms with Gasteiger partial charge in [0.15, 0.2) is 5.82 Å². The molecule has 0 spiro atoms. The van der Waals surface area contributed by atoms with Gasteiger partial charge in [0.05, 0.1) is 5.69 Å². The molecule has 5 nitrogen and oxygen atoms in total. The largest absolute Gasteiger partial charge is 0.382 e. The summed E-state index contributed by atoms with van der Waals surface area (Å²) in [6, 6.07) is 9.87. The van der Waals surface area contributed by atoms with Crippen molar-refractivity contribution in [2.24, 2.45) is 0 Å². The van der Waals surface area contributed by atoms with Crippen molar-refractivity contribution in [3.05, 3.63) is 35.4 Å². The molecular formula is C13H15N5. The number of nitriles is 1. The molecule has 18 heavy (non-hydrogen) atoms. The molecule has 1 heterocycles. The summed E-state index contributed by atoms with van der Waals surface area (Å²) in [4.78, 5) is 0. The summed E-state index contributed by atoms with van der Waals surface area (Å²) in [5.41, 5.74) is 8.31. The molecular weight excluding hydrogens is 226 g/mol. The second-order valence-corrected chi connectivity index (χ2v) is 3.95. The zero-order valence-electron chi connectivity index (χ0n) is 10.4. The van der Waals surface area contributed by atoms with Crippen molar-refractivity contribution in [1.82, 2.24) is 9.78 Å². The average molecular weight is 241 g/mol. The second kappa shape index (κ2) is 4.80. The zero-order valence-corrected chi connectivity index (χ0v) is 10.4. The number of anilines is 2. The van der Waals surface area contributed by atoms with Crippen molar-refractivity contribution in [1.29, 1.82) is 5.26 Å². The molecule has 3 N–H and O–H groups in total. The molecule has 0 saturated carbocycles. The van der Waals surface area contributed by atoms with E-state index in [1.807, 2.05) is 38.1 Å². The summed E-state index contributed by atoms with van der Waals surface area (Å²) >= 11 is 0. The maximum atomic E-state index is 9.13. The molecule has 0 fully saturated rings. The third-order valence-electron chi connectivity index (χ3n) is 2.72. The van der Waals surface area contributed by atoms with E-state index in [0.717, 1.165) is 11.3 Å². The lowest BCUT2D eigenvalue weighted by atomic mass is 10.2. The van der Waals surface area contributed by atoms with Gasteiger partial charge >= 0.3 is 0 Å². The molecule has 1 aromatic heterocycles. The van der Waals surface area contributed by atoms with Gasteiger partial charge in [-0.25, -0.2) is 4.68 Å². The van der Waals surface area contributed by atoms with Crippen molar-refractivity contribution in [3.63, 3.8) is 0 Å². The first kappa shape index (κ1) is 12.0. The number of aryl methyl sites for hydroxylation is 1. The van der Waals surface area contributed by atoms with Crippen LogP contribution in [0.5, 0.6) is 0 Å². The fraction of sp³-hybridized carbons (Fsp3) is 0.231. The van der Waals surface area contributed by atoms with Gasteiger partial charge in [-0.2, -0.15) is 5.26 Å². The first-order valence-corrected chi connectivity index (χ1v) is 5.77. The average Bonchev–Trinajstić information content (AvgIpc) is 2.67. The Morgan fingerprint density at radius 3 is 2.78 bits per heavy atom. The molecule has 0 bridgehead atoms. The van der Waals surface area contributed by atoms with E-state index < -0.39 is 0 Å². The van der Waals surface area contributed by atoms with Crippen molar-refractivity contribution < 1.29 is 0 Å². The van der Waals surface area contributed by atoms with Crippen molar-refractivity contribution in [3.8, 4) is 11.8 Å². The SMILES string of the molecule is CCNc1nn(-c2ccccc2C)c(N)c1C#N. The topological polar surface area (TPSA) is 79.7 Å². The van der Waals surface area contributed by atoms with Crippen LogP contribution < -0.4 is 11.1 Å². The minimum Gasteiger partial charge on any atom is -0.382 e. The third-order valence-corrected chi connectivity index (χ3v) is 2.72. The van der Waals surface area contributed by atoms with Crippen LogP contribution in [0.3, 0.4) is 0 Å². The number of benzene rings is 1. The highest BCUT2D eigenvalue weighted by Crippen LogP contribution is 2.25. The van der Waals surface area contributed by atoms with Crippen LogP contribution in [0.2, 0.25) is 0 Å². The number of nitrogens with one attached hydrogen (secondary N) is 1. The minimum absolute atomic E-state index is 0.364. The molecule has 0 aliphatic rings. The van der Waals surface area contributed by atoms with Crippen LogP contribution >= 0.6 is 0 Å². The number of rotatable bonds is 3. The van der Waals surface area contributed by atoms with Crippen LogP contribution in [0.4, 0.5) is 11.6 Å². The first-order chi connectivity index (χ1) is 8.69. The Hall–Kier alpha value is -2.48. The highest BCUT2D eigenvalue weighted by atomic mass is 15.3. The van der Waals surface area contributed by atoms with Gasteiger partial charge in [0, 0.05) is 6.54 Å². The van der Waals surface area contributed by atoms with Crippen LogP contribution in [0.25, 0.3) is 5.69 Å². The molecule has 0 atom stereocenters. The summed E-state index contributed by atoms with van der Waals surface area (Å²) in [7, 11) is 0. The molecule has 5 heteroatoms. The van der Waals surface area contributed by atoms with E-state index in [-0.39, 0.29) is 0 Å². The standard InChI is InChI=1S/C13H15N5/c1-3-16-13-10(8-14)12(15)18(17-13)11-7-5-4-6-9(11)2/h4-7H,3,15H2,1-2H3,(H,16,17). The molecule has 0 amide bonds.